The molecule has 1 aromatic rings. The highest BCUT2D eigenvalue weighted by Crippen LogP contribution is 2.27. The lowest BCUT2D eigenvalue weighted by atomic mass is 9.91. The Morgan fingerprint density at radius 2 is 1.89 bits per heavy atom. The number of rotatable bonds is 4. The smallest absolute Gasteiger partial charge is 0.0369 e. The van der Waals surface area contributed by atoms with E-state index >= 15 is 0 Å². The minimum Gasteiger partial charge on any atom is -0.371 e. The zero-order valence-electron chi connectivity index (χ0n) is 12.9. The molecule has 106 valence electrons. The van der Waals surface area contributed by atoms with Crippen LogP contribution in [0.3, 0.4) is 0 Å². The second-order valence-corrected chi connectivity index (χ2v) is 6.24. The van der Waals surface area contributed by atoms with Crippen molar-refractivity contribution in [3.05, 3.63) is 29.3 Å². The van der Waals surface area contributed by atoms with Crippen molar-refractivity contribution >= 4 is 5.69 Å². The third kappa shape index (κ3) is 3.73. The Morgan fingerprint density at radius 3 is 2.47 bits per heavy atom. The number of nitrogens with one attached hydrogen (secondary N) is 1. The van der Waals surface area contributed by atoms with Crippen molar-refractivity contribution in [3.8, 4) is 0 Å². The molecule has 0 saturated carbocycles. The standard InChI is InChI=1S/C17H28N2/c1-5-18-10-16-6-7-17(9-15(16)4)19-11-13(2)8-14(3)12-19/h6-7,9,13-14,18H,5,8,10-12H2,1-4H3. The molecular weight excluding hydrogens is 232 g/mol. The Bertz CT molecular complexity index is 404. The van der Waals surface area contributed by atoms with Crippen molar-refractivity contribution < 1.29 is 0 Å². The molecule has 0 spiro atoms. The summed E-state index contributed by atoms with van der Waals surface area (Å²) in [5.41, 5.74) is 4.23. The summed E-state index contributed by atoms with van der Waals surface area (Å²) < 4.78 is 0. The van der Waals surface area contributed by atoms with E-state index in [-0.39, 0.29) is 0 Å². The lowest BCUT2D eigenvalue weighted by Gasteiger charge is -2.37. The van der Waals surface area contributed by atoms with Crippen LogP contribution < -0.4 is 10.2 Å². The van der Waals surface area contributed by atoms with Gasteiger partial charge < -0.3 is 10.2 Å². The molecule has 0 radical (unpaired) electrons. The van der Waals surface area contributed by atoms with Crippen LogP contribution >= 0.6 is 0 Å². The molecule has 1 N–H and O–H groups in total. The molecule has 0 amide bonds. The van der Waals surface area contributed by atoms with Crippen molar-refractivity contribution in [3.63, 3.8) is 0 Å². The molecule has 2 atom stereocenters. The van der Waals surface area contributed by atoms with Gasteiger partial charge in [0.2, 0.25) is 0 Å². The molecule has 19 heavy (non-hydrogen) atoms. The van der Waals surface area contributed by atoms with Crippen molar-refractivity contribution in [2.75, 3.05) is 24.5 Å². The molecular formula is C17H28N2. The third-order valence-corrected chi connectivity index (χ3v) is 4.13. The van der Waals surface area contributed by atoms with Gasteiger partial charge in [0.05, 0.1) is 0 Å². The monoisotopic (exact) mass is 260 g/mol. The Labute approximate surface area is 118 Å². The largest absolute Gasteiger partial charge is 0.371 e. The average Bonchev–Trinajstić information content (AvgIpc) is 2.36. The summed E-state index contributed by atoms with van der Waals surface area (Å²) in [4.78, 5) is 2.56. The van der Waals surface area contributed by atoms with Gasteiger partial charge in [0, 0.05) is 25.3 Å². The lowest BCUT2D eigenvalue weighted by Crippen LogP contribution is -2.38. The SMILES string of the molecule is CCNCc1ccc(N2CC(C)CC(C)C2)cc1C. The van der Waals surface area contributed by atoms with E-state index in [1.165, 1.54) is 36.3 Å². The normalized spacial score (nSPS) is 23.7. The van der Waals surface area contributed by atoms with E-state index in [1.54, 1.807) is 0 Å². The number of hydrogen-bond donors (Lipinski definition) is 1. The minimum absolute atomic E-state index is 0.811. The predicted molar refractivity (Wildman–Crippen MR) is 83.7 cm³/mol. The average molecular weight is 260 g/mol. The molecule has 0 aromatic heterocycles. The van der Waals surface area contributed by atoms with Gasteiger partial charge in [0.15, 0.2) is 0 Å². The van der Waals surface area contributed by atoms with E-state index in [9.17, 15) is 0 Å². The first kappa shape index (κ1) is 14.4. The molecule has 0 bridgehead atoms. The molecule has 1 saturated heterocycles. The minimum atomic E-state index is 0.811. The number of anilines is 1. The van der Waals surface area contributed by atoms with E-state index in [1.807, 2.05) is 0 Å². The van der Waals surface area contributed by atoms with E-state index in [4.69, 9.17) is 0 Å². The summed E-state index contributed by atoms with van der Waals surface area (Å²) in [6.45, 7) is 13.5. The summed E-state index contributed by atoms with van der Waals surface area (Å²) in [5.74, 6) is 1.62. The van der Waals surface area contributed by atoms with Gasteiger partial charge in [-0.15, -0.1) is 0 Å². The molecule has 0 aliphatic carbocycles. The highest BCUT2D eigenvalue weighted by molar-refractivity contribution is 5.51. The van der Waals surface area contributed by atoms with E-state index in [2.05, 4.69) is 56.1 Å². The zero-order chi connectivity index (χ0) is 13.8. The van der Waals surface area contributed by atoms with Gasteiger partial charge in [0.1, 0.15) is 0 Å². The number of nitrogens with zero attached hydrogens (tertiary/aromatic N) is 1. The molecule has 2 nitrogen and oxygen atoms in total. The summed E-state index contributed by atoms with van der Waals surface area (Å²) in [6, 6.07) is 6.94. The van der Waals surface area contributed by atoms with Crippen molar-refractivity contribution in [1.29, 1.82) is 0 Å². The van der Waals surface area contributed by atoms with Crippen molar-refractivity contribution in [2.24, 2.45) is 11.8 Å². The summed E-state index contributed by atoms with van der Waals surface area (Å²) in [5, 5.41) is 3.40. The first-order valence-electron chi connectivity index (χ1n) is 7.65. The molecule has 1 heterocycles. The second-order valence-electron chi connectivity index (χ2n) is 6.24. The quantitative estimate of drug-likeness (QED) is 0.890. The molecule has 1 fully saturated rings. The molecule has 1 aromatic carbocycles. The Morgan fingerprint density at radius 1 is 1.21 bits per heavy atom. The number of aryl methyl sites for hydroxylation is 1. The Hall–Kier alpha value is -1.02. The van der Waals surface area contributed by atoms with Gasteiger partial charge in [-0.05, 0) is 55.0 Å². The van der Waals surface area contributed by atoms with E-state index in [0.717, 1.165) is 24.9 Å². The number of piperidine rings is 1. The summed E-state index contributed by atoms with van der Waals surface area (Å²) >= 11 is 0. The van der Waals surface area contributed by atoms with Gasteiger partial charge in [0.25, 0.3) is 0 Å². The fourth-order valence-electron chi connectivity index (χ4n) is 3.21. The number of benzene rings is 1. The van der Waals surface area contributed by atoms with Crippen LogP contribution in [0.4, 0.5) is 5.69 Å². The maximum atomic E-state index is 3.40. The summed E-state index contributed by atoms with van der Waals surface area (Å²) in [6.07, 6.45) is 1.37. The maximum absolute atomic E-state index is 3.40. The van der Waals surface area contributed by atoms with Crippen LogP contribution in [0.1, 0.15) is 38.3 Å². The van der Waals surface area contributed by atoms with Crippen LogP contribution in [0, 0.1) is 18.8 Å². The molecule has 1 aliphatic rings. The molecule has 1 aliphatic heterocycles. The lowest BCUT2D eigenvalue weighted by molar-refractivity contribution is 0.357. The highest BCUT2D eigenvalue weighted by Gasteiger charge is 2.22. The van der Waals surface area contributed by atoms with Crippen LogP contribution in [0.25, 0.3) is 0 Å². The van der Waals surface area contributed by atoms with Crippen LogP contribution in [-0.2, 0) is 6.54 Å². The zero-order valence-corrected chi connectivity index (χ0v) is 12.9. The third-order valence-electron chi connectivity index (χ3n) is 4.13. The van der Waals surface area contributed by atoms with Gasteiger partial charge in [-0.2, -0.15) is 0 Å². The Balaban J connectivity index is 2.10. The van der Waals surface area contributed by atoms with Gasteiger partial charge in [-0.25, -0.2) is 0 Å². The van der Waals surface area contributed by atoms with Crippen molar-refractivity contribution in [2.45, 2.75) is 40.7 Å². The molecule has 2 heteroatoms. The van der Waals surface area contributed by atoms with E-state index in [0.29, 0.717) is 0 Å². The van der Waals surface area contributed by atoms with Crippen molar-refractivity contribution in [1.82, 2.24) is 5.32 Å². The van der Waals surface area contributed by atoms with Crippen LogP contribution in [0.15, 0.2) is 18.2 Å². The fraction of sp³-hybridized carbons (Fsp3) is 0.647. The molecule has 2 rings (SSSR count). The van der Waals surface area contributed by atoms with Gasteiger partial charge >= 0.3 is 0 Å². The van der Waals surface area contributed by atoms with Gasteiger partial charge in [-0.3, -0.25) is 0 Å². The van der Waals surface area contributed by atoms with Crippen LogP contribution in [0.2, 0.25) is 0 Å². The second kappa shape index (κ2) is 6.42. The van der Waals surface area contributed by atoms with Gasteiger partial charge in [-0.1, -0.05) is 26.8 Å². The first-order chi connectivity index (χ1) is 9.10. The van der Waals surface area contributed by atoms with Crippen LogP contribution in [0.5, 0.6) is 0 Å². The maximum Gasteiger partial charge on any atom is 0.0369 e. The number of hydrogen-bond acceptors (Lipinski definition) is 2. The predicted octanol–water partition coefficient (Wildman–Crippen LogP) is 3.59. The summed E-state index contributed by atoms with van der Waals surface area (Å²) in [7, 11) is 0. The first-order valence-corrected chi connectivity index (χ1v) is 7.65. The Kier molecular flexibility index (Phi) is 4.87. The van der Waals surface area contributed by atoms with E-state index < -0.39 is 0 Å². The molecule has 2 unspecified atom stereocenters. The topological polar surface area (TPSA) is 15.3 Å². The van der Waals surface area contributed by atoms with Crippen LogP contribution in [-0.4, -0.2) is 19.6 Å². The highest BCUT2D eigenvalue weighted by atomic mass is 15.1. The fourth-order valence-corrected chi connectivity index (χ4v) is 3.21.